The van der Waals surface area contributed by atoms with Crippen molar-refractivity contribution in [3.63, 3.8) is 0 Å². The predicted molar refractivity (Wildman–Crippen MR) is 124 cm³/mol. The Hall–Kier alpha value is -1.96. The molecule has 0 aliphatic carbocycles. The lowest BCUT2D eigenvalue weighted by atomic mass is 9.71. The third-order valence-electron chi connectivity index (χ3n) is 5.97. The van der Waals surface area contributed by atoms with E-state index in [0.717, 1.165) is 22.3 Å². The van der Waals surface area contributed by atoms with E-state index in [9.17, 15) is 10.2 Å². The number of hydrogen-bond donors (Lipinski definition) is 2. The Morgan fingerprint density at radius 1 is 0.517 bits per heavy atom. The van der Waals surface area contributed by atoms with Gasteiger partial charge in [0.05, 0.1) is 0 Å². The van der Waals surface area contributed by atoms with E-state index in [-0.39, 0.29) is 21.7 Å². The molecular formula is C27H40O2. The zero-order valence-corrected chi connectivity index (χ0v) is 20.3. The van der Waals surface area contributed by atoms with Crippen LogP contribution < -0.4 is 0 Å². The maximum Gasteiger partial charge on any atom is 0.123 e. The van der Waals surface area contributed by atoms with Gasteiger partial charge in [-0.1, -0.05) is 100 Å². The van der Waals surface area contributed by atoms with Gasteiger partial charge in [-0.2, -0.15) is 0 Å². The Labute approximate surface area is 178 Å². The molecule has 0 atom stereocenters. The molecule has 2 rings (SSSR count). The molecule has 0 aliphatic rings. The summed E-state index contributed by atoms with van der Waals surface area (Å²) < 4.78 is 0. The van der Waals surface area contributed by atoms with Crippen molar-refractivity contribution in [2.24, 2.45) is 0 Å². The van der Waals surface area contributed by atoms with Gasteiger partial charge in [-0.05, 0) is 50.1 Å². The molecule has 0 aliphatic heterocycles. The van der Waals surface area contributed by atoms with Crippen molar-refractivity contribution in [1.82, 2.24) is 0 Å². The normalized spacial score (nSPS) is 13.6. The number of rotatable bonds is 2. The Balaban J connectivity index is 2.79. The van der Waals surface area contributed by atoms with Gasteiger partial charge in [0.15, 0.2) is 0 Å². The number of benzene rings is 2. The Morgan fingerprint density at radius 2 is 0.897 bits per heavy atom. The van der Waals surface area contributed by atoms with Crippen LogP contribution in [0.4, 0.5) is 0 Å². The van der Waals surface area contributed by atoms with Gasteiger partial charge in [0.2, 0.25) is 0 Å². The minimum atomic E-state index is -0.276. The highest BCUT2D eigenvalue weighted by molar-refractivity contribution is 5.54. The molecule has 0 saturated carbocycles. The van der Waals surface area contributed by atoms with Crippen molar-refractivity contribution in [3.8, 4) is 11.5 Å². The fourth-order valence-electron chi connectivity index (χ4n) is 3.83. The lowest BCUT2D eigenvalue weighted by molar-refractivity contribution is 0.421. The quantitative estimate of drug-likeness (QED) is 0.558. The topological polar surface area (TPSA) is 40.5 Å². The monoisotopic (exact) mass is 396 g/mol. The van der Waals surface area contributed by atoms with Crippen LogP contribution in [0.3, 0.4) is 0 Å². The lowest BCUT2D eigenvalue weighted by Gasteiger charge is -2.34. The zero-order chi connectivity index (χ0) is 22.6. The van der Waals surface area contributed by atoms with Gasteiger partial charge in [0.25, 0.3) is 0 Å². The van der Waals surface area contributed by atoms with E-state index in [1.807, 2.05) is 12.1 Å². The summed E-state index contributed by atoms with van der Waals surface area (Å²) >= 11 is 0. The van der Waals surface area contributed by atoms with Crippen molar-refractivity contribution in [3.05, 3.63) is 58.1 Å². The van der Waals surface area contributed by atoms with Crippen LogP contribution in [-0.2, 0) is 21.7 Å². The van der Waals surface area contributed by atoms with Crippen LogP contribution in [0.1, 0.15) is 104 Å². The summed E-state index contributed by atoms with van der Waals surface area (Å²) in [7, 11) is 0. The highest BCUT2D eigenvalue weighted by Crippen LogP contribution is 2.44. The molecule has 2 nitrogen and oxygen atoms in total. The van der Waals surface area contributed by atoms with E-state index >= 15 is 0 Å². The molecule has 0 unspecified atom stereocenters. The summed E-state index contributed by atoms with van der Waals surface area (Å²) in [6, 6.07) is 10.3. The smallest absolute Gasteiger partial charge is 0.123 e. The molecule has 0 heterocycles. The van der Waals surface area contributed by atoms with Crippen molar-refractivity contribution in [2.75, 3.05) is 0 Å². The molecule has 0 radical (unpaired) electrons. The summed E-state index contributed by atoms with van der Waals surface area (Å²) in [6.07, 6.45) is 0. The SMILES string of the molecule is CC(C)(C)c1cc(C(C)(C)c2cc(C(C)(C)C)c(O)c(C(C)(C)C)c2)ccc1O. The van der Waals surface area contributed by atoms with Crippen LogP contribution in [0.5, 0.6) is 11.5 Å². The second-order valence-corrected chi connectivity index (χ2v) is 12.0. The maximum absolute atomic E-state index is 11.1. The summed E-state index contributed by atoms with van der Waals surface area (Å²) in [6.45, 7) is 23.7. The number of aromatic hydroxyl groups is 2. The van der Waals surface area contributed by atoms with E-state index in [4.69, 9.17) is 0 Å². The van der Waals surface area contributed by atoms with Crippen LogP contribution in [0.25, 0.3) is 0 Å². The first-order valence-electron chi connectivity index (χ1n) is 10.6. The van der Waals surface area contributed by atoms with Crippen molar-refractivity contribution in [1.29, 1.82) is 0 Å². The molecule has 2 aromatic carbocycles. The number of phenolic OH excluding ortho intramolecular Hbond substituents is 2. The van der Waals surface area contributed by atoms with E-state index < -0.39 is 0 Å². The van der Waals surface area contributed by atoms with Gasteiger partial charge in [0.1, 0.15) is 11.5 Å². The van der Waals surface area contributed by atoms with Crippen LogP contribution in [0.15, 0.2) is 30.3 Å². The molecule has 0 amide bonds. The largest absolute Gasteiger partial charge is 0.508 e. The maximum atomic E-state index is 11.1. The fraction of sp³-hybridized carbons (Fsp3) is 0.556. The molecule has 0 saturated heterocycles. The van der Waals surface area contributed by atoms with Crippen molar-refractivity contribution < 1.29 is 10.2 Å². The summed E-state index contributed by atoms with van der Waals surface area (Å²) in [5.41, 5.74) is 4.49. The van der Waals surface area contributed by atoms with Crippen molar-refractivity contribution >= 4 is 0 Å². The summed E-state index contributed by atoms with van der Waals surface area (Å²) in [5, 5.41) is 21.5. The second kappa shape index (κ2) is 7.07. The third kappa shape index (κ3) is 4.63. The minimum absolute atomic E-state index is 0.141. The van der Waals surface area contributed by atoms with Crippen LogP contribution in [-0.4, -0.2) is 10.2 Å². The first-order chi connectivity index (χ1) is 12.9. The fourth-order valence-corrected chi connectivity index (χ4v) is 3.83. The molecule has 0 aromatic heterocycles. The molecule has 0 spiro atoms. The summed E-state index contributed by atoms with van der Waals surface area (Å²) in [5.74, 6) is 0.749. The van der Waals surface area contributed by atoms with Gasteiger partial charge in [0, 0.05) is 5.41 Å². The van der Waals surface area contributed by atoms with E-state index in [0.29, 0.717) is 11.5 Å². The average molecular weight is 397 g/mol. The highest BCUT2D eigenvalue weighted by atomic mass is 16.3. The van der Waals surface area contributed by atoms with Gasteiger partial charge in [-0.3, -0.25) is 0 Å². The number of hydrogen-bond acceptors (Lipinski definition) is 2. The molecule has 160 valence electrons. The van der Waals surface area contributed by atoms with E-state index in [1.54, 1.807) is 0 Å². The third-order valence-corrected chi connectivity index (χ3v) is 5.97. The van der Waals surface area contributed by atoms with Gasteiger partial charge >= 0.3 is 0 Å². The lowest BCUT2D eigenvalue weighted by Crippen LogP contribution is -2.24. The van der Waals surface area contributed by atoms with Crippen molar-refractivity contribution in [2.45, 2.75) is 97.8 Å². The minimum Gasteiger partial charge on any atom is -0.508 e. The predicted octanol–water partition coefficient (Wildman–Crippen LogP) is 7.32. The Morgan fingerprint density at radius 3 is 1.28 bits per heavy atom. The first-order valence-corrected chi connectivity index (χ1v) is 10.6. The molecule has 2 heteroatoms. The van der Waals surface area contributed by atoms with Gasteiger partial charge < -0.3 is 10.2 Å². The zero-order valence-electron chi connectivity index (χ0n) is 20.3. The Bertz CT molecular complexity index is 863. The number of phenols is 2. The second-order valence-electron chi connectivity index (χ2n) is 12.0. The molecule has 2 N–H and O–H groups in total. The van der Waals surface area contributed by atoms with E-state index in [2.05, 4.69) is 94.4 Å². The van der Waals surface area contributed by atoms with Crippen LogP contribution in [0, 0.1) is 0 Å². The van der Waals surface area contributed by atoms with Crippen LogP contribution in [0.2, 0.25) is 0 Å². The van der Waals surface area contributed by atoms with E-state index in [1.165, 1.54) is 5.56 Å². The highest BCUT2D eigenvalue weighted by Gasteiger charge is 2.32. The molecule has 29 heavy (non-hydrogen) atoms. The molecule has 0 bridgehead atoms. The Kier molecular flexibility index (Phi) is 5.69. The summed E-state index contributed by atoms with van der Waals surface area (Å²) in [4.78, 5) is 0. The van der Waals surface area contributed by atoms with Gasteiger partial charge in [-0.15, -0.1) is 0 Å². The molecule has 0 fully saturated rings. The van der Waals surface area contributed by atoms with Gasteiger partial charge in [-0.25, -0.2) is 0 Å². The van der Waals surface area contributed by atoms with Crippen LogP contribution >= 0.6 is 0 Å². The molecular weight excluding hydrogens is 356 g/mol. The molecule has 2 aromatic rings. The average Bonchev–Trinajstić information content (AvgIpc) is 2.51. The first kappa shape index (κ1) is 23.3. The standard InChI is InChI=1S/C27H40O2/c1-24(2,3)19-14-17(12-13-22(19)28)27(10,11)18-15-20(25(4,5)6)23(29)21(16-18)26(7,8)9/h12-16,28-29H,1-11H3.